The molecule has 1 fully saturated rings. The van der Waals surface area contributed by atoms with Crippen LogP contribution in [0.2, 0.25) is 0 Å². The first-order chi connectivity index (χ1) is 10.0. The third-order valence-electron chi connectivity index (χ3n) is 3.74. The number of primary amides is 1. The smallest absolute Gasteiger partial charge is 0.317 e. The number of amides is 1. The van der Waals surface area contributed by atoms with E-state index in [4.69, 9.17) is 10.8 Å². The molecule has 1 aromatic rings. The van der Waals surface area contributed by atoms with Crippen molar-refractivity contribution < 1.29 is 14.7 Å². The van der Waals surface area contributed by atoms with Gasteiger partial charge in [0.25, 0.3) is 0 Å². The summed E-state index contributed by atoms with van der Waals surface area (Å²) in [5.41, 5.74) is 5.91. The second-order valence-electron chi connectivity index (χ2n) is 5.58. The van der Waals surface area contributed by atoms with Crippen LogP contribution in [0.15, 0.2) is 12.3 Å². The van der Waals surface area contributed by atoms with Crippen LogP contribution in [0.4, 0.5) is 0 Å². The third kappa shape index (κ3) is 4.86. The summed E-state index contributed by atoms with van der Waals surface area (Å²) in [5, 5.41) is 13.4. The number of nitrogens with zero attached hydrogens (tertiary/aromatic N) is 3. The maximum absolute atomic E-state index is 11.0. The van der Waals surface area contributed by atoms with Crippen molar-refractivity contribution in [2.24, 2.45) is 5.73 Å². The first-order valence-corrected chi connectivity index (χ1v) is 7.31. The topological polar surface area (TPSA) is 101 Å². The van der Waals surface area contributed by atoms with Crippen molar-refractivity contribution in [2.75, 3.05) is 13.1 Å². The van der Waals surface area contributed by atoms with Crippen LogP contribution in [0.3, 0.4) is 0 Å². The van der Waals surface area contributed by atoms with Crippen molar-refractivity contribution in [3.63, 3.8) is 0 Å². The monoisotopic (exact) mass is 294 g/mol. The van der Waals surface area contributed by atoms with Crippen molar-refractivity contribution >= 4 is 11.9 Å². The minimum Gasteiger partial charge on any atom is -0.480 e. The van der Waals surface area contributed by atoms with Gasteiger partial charge in [0.1, 0.15) is 0 Å². The molecular formula is C14H22N4O3. The van der Waals surface area contributed by atoms with Gasteiger partial charge in [-0.1, -0.05) is 19.3 Å². The highest BCUT2D eigenvalue weighted by atomic mass is 16.4. The number of carboxylic acid groups (broad SMARTS) is 1. The number of rotatable bonds is 7. The lowest BCUT2D eigenvalue weighted by Crippen LogP contribution is -2.37. The lowest BCUT2D eigenvalue weighted by Gasteiger charge is -2.22. The molecule has 0 aliphatic heterocycles. The highest BCUT2D eigenvalue weighted by molar-refractivity contribution is 5.77. The molecule has 0 saturated heterocycles. The van der Waals surface area contributed by atoms with Gasteiger partial charge in [0.15, 0.2) is 0 Å². The maximum atomic E-state index is 11.0. The van der Waals surface area contributed by atoms with E-state index in [9.17, 15) is 9.59 Å². The summed E-state index contributed by atoms with van der Waals surface area (Å²) in [4.78, 5) is 23.3. The third-order valence-corrected chi connectivity index (χ3v) is 3.74. The van der Waals surface area contributed by atoms with E-state index in [1.165, 1.54) is 24.2 Å². The Kier molecular flexibility index (Phi) is 5.32. The Morgan fingerprint density at radius 3 is 2.67 bits per heavy atom. The summed E-state index contributed by atoms with van der Waals surface area (Å²) in [7, 11) is 0. The lowest BCUT2D eigenvalue weighted by atomic mass is 9.96. The highest BCUT2D eigenvalue weighted by Gasteiger charge is 2.18. The Hall–Kier alpha value is -1.89. The van der Waals surface area contributed by atoms with Gasteiger partial charge in [-0.15, -0.1) is 0 Å². The summed E-state index contributed by atoms with van der Waals surface area (Å²) in [6.45, 7) is 0.0107. The molecule has 0 unspecified atom stereocenters. The number of aliphatic carboxylic acids is 1. The normalized spacial score (nSPS) is 16.2. The molecule has 116 valence electrons. The van der Waals surface area contributed by atoms with Crippen LogP contribution >= 0.6 is 0 Å². The molecule has 7 heteroatoms. The largest absolute Gasteiger partial charge is 0.480 e. The number of aromatic nitrogens is 2. The zero-order valence-corrected chi connectivity index (χ0v) is 12.1. The average molecular weight is 294 g/mol. The van der Waals surface area contributed by atoms with E-state index in [1.54, 1.807) is 0 Å². The first-order valence-electron chi connectivity index (χ1n) is 7.31. The van der Waals surface area contributed by atoms with Crippen LogP contribution in [-0.4, -0.2) is 44.8 Å². The van der Waals surface area contributed by atoms with Gasteiger partial charge in [0.05, 0.1) is 24.8 Å². The minimum atomic E-state index is -0.983. The maximum Gasteiger partial charge on any atom is 0.317 e. The van der Waals surface area contributed by atoms with E-state index in [0.29, 0.717) is 12.6 Å². The number of carbonyl (C=O) groups excluding carboxylic acids is 1. The lowest BCUT2D eigenvalue weighted by molar-refractivity contribution is -0.138. The van der Waals surface area contributed by atoms with E-state index in [-0.39, 0.29) is 13.1 Å². The summed E-state index contributed by atoms with van der Waals surface area (Å²) in [5.74, 6) is -1.52. The molecule has 1 amide bonds. The molecule has 3 N–H and O–H groups in total. The molecule has 0 radical (unpaired) electrons. The Morgan fingerprint density at radius 1 is 1.33 bits per heavy atom. The predicted molar refractivity (Wildman–Crippen MR) is 76.5 cm³/mol. The molecule has 1 aliphatic carbocycles. The van der Waals surface area contributed by atoms with Gasteiger partial charge in [-0.3, -0.25) is 19.2 Å². The van der Waals surface area contributed by atoms with Gasteiger partial charge < -0.3 is 10.8 Å². The van der Waals surface area contributed by atoms with E-state index < -0.39 is 11.9 Å². The van der Waals surface area contributed by atoms with E-state index >= 15 is 0 Å². The molecule has 1 aliphatic rings. The van der Waals surface area contributed by atoms with Gasteiger partial charge in [-0.2, -0.15) is 5.10 Å². The van der Waals surface area contributed by atoms with Gasteiger partial charge in [-0.05, 0) is 18.9 Å². The van der Waals surface area contributed by atoms with Gasteiger partial charge in [0.2, 0.25) is 5.91 Å². The fraction of sp³-hybridized carbons (Fsp3) is 0.643. The standard InChI is InChI=1S/C14H22N4O3/c15-13(19)9-17(10-14(20)21)8-11-6-7-18(16-11)12-4-2-1-3-5-12/h6-7,12H,1-5,8-10H2,(H2,15,19)(H,20,21). The number of nitrogens with two attached hydrogens (primary N) is 1. The molecule has 7 nitrogen and oxygen atoms in total. The van der Waals surface area contributed by atoms with Crippen LogP contribution in [-0.2, 0) is 16.1 Å². The number of carboxylic acids is 1. The molecule has 0 bridgehead atoms. The van der Waals surface area contributed by atoms with Crippen molar-refractivity contribution in [1.29, 1.82) is 0 Å². The summed E-state index contributed by atoms with van der Waals surface area (Å²) < 4.78 is 1.97. The molecule has 21 heavy (non-hydrogen) atoms. The Morgan fingerprint density at radius 2 is 2.05 bits per heavy atom. The molecule has 1 aromatic heterocycles. The van der Waals surface area contributed by atoms with Gasteiger partial charge in [-0.25, -0.2) is 0 Å². The zero-order chi connectivity index (χ0) is 15.2. The van der Waals surface area contributed by atoms with E-state index in [0.717, 1.165) is 18.5 Å². The molecule has 0 atom stereocenters. The van der Waals surface area contributed by atoms with E-state index in [2.05, 4.69) is 5.10 Å². The second kappa shape index (κ2) is 7.21. The van der Waals surface area contributed by atoms with Crippen LogP contribution in [0.1, 0.15) is 43.8 Å². The number of hydrogen-bond acceptors (Lipinski definition) is 4. The van der Waals surface area contributed by atoms with Crippen molar-refractivity contribution in [1.82, 2.24) is 14.7 Å². The molecule has 1 heterocycles. The molecule has 1 saturated carbocycles. The zero-order valence-electron chi connectivity index (χ0n) is 12.1. The van der Waals surface area contributed by atoms with Crippen LogP contribution in [0.5, 0.6) is 0 Å². The van der Waals surface area contributed by atoms with Crippen molar-refractivity contribution in [3.8, 4) is 0 Å². The highest BCUT2D eigenvalue weighted by Crippen LogP contribution is 2.27. The molecule has 2 rings (SSSR count). The molecular weight excluding hydrogens is 272 g/mol. The Balaban J connectivity index is 1.98. The van der Waals surface area contributed by atoms with Gasteiger partial charge in [0, 0.05) is 12.7 Å². The van der Waals surface area contributed by atoms with E-state index in [1.807, 2.05) is 16.9 Å². The van der Waals surface area contributed by atoms with Crippen LogP contribution in [0.25, 0.3) is 0 Å². The molecule has 0 aromatic carbocycles. The fourth-order valence-corrected chi connectivity index (χ4v) is 2.82. The van der Waals surface area contributed by atoms with Crippen molar-refractivity contribution in [3.05, 3.63) is 18.0 Å². The Labute approximate surface area is 123 Å². The summed E-state index contributed by atoms with van der Waals surface area (Å²) in [6, 6.07) is 2.32. The Bertz CT molecular complexity index is 478. The fourth-order valence-electron chi connectivity index (χ4n) is 2.82. The summed E-state index contributed by atoms with van der Waals surface area (Å²) in [6.07, 6.45) is 7.96. The van der Waals surface area contributed by atoms with Crippen LogP contribution in [0, 0.1) is 0 Å². The quantitative estimate of drug-likeness (QED) is 0.773. The first kappa shape index (κ1) is 15.5. The summed E-state index contributed by atoms with van der Waals surface area (Å²) >= 11 is 0. The second-order valence-corrected chi connectivity index (χ2v) is 5.58. The SMILES string of the molecule is NC(=O)CN(CC(=O)O)Cc1ccn(C2CCCCC2)n1. The number of carbonyl (C=O) groups is 2. The average Bonchev–Trinajstić information content (AvgIpc) is 2.86. The predicted octanol–water partition coefficient (Wildman–Crippen LogP) is 0.760. The number of hydrogen-bond donors (Lipinski definition) is 2. The van der Waals surface area contributed by atoms with Crippen LogP contribution < -0.4 is 5.73 Å². The van der Waals surface area contributed by atoms with Gasteiger partial charge >= 0.3 is 5.97 Å². The minimum absolute atomic E-state index is 0.0808. The van der Waals surface area contributed by atoms with Crippen molar-refractivity contribution in [2.45, 2.75) is 44.7 Å². The molecule has 0 spiro atoms.